The Labute approximate surface area is 85.6 Å². The van der Waals surface area contributed by atoms with Crippen LogP contribution in [0.1, 0.15) is 11.1 Å². The van der Waals surface area contributed by atoms with E-state index in [2.05, 4.69) is 0 Å². The van der Waals surface area contributed by atoms with Crippen LogP contribution in [0.15, 0.2) is 18.2 Å². The number of hydrogen-bond donors (Lipinski definition) is 1. The number of carboxylic acids is 1. The first-order valence-electron chi connectivity index (χ1n) is 3.87. The average molecular weight is 215 g/mol. The number of benzene rings is 1. The number of aliphatic carboxylic acids is 1. The number of aryl methyl sites for hydroxylation is 1. The van der Waals surface area contributed by atoms with Gasteiger partial charge < -0.3 is 5.11 Å². The average Bonchev–Trinajstić information content (AvgIpc) is 2.09. The van der Waals surface area contributed by atoms with Crippen molar-refractivity contribution in [3.63, 3.8) is 0 Å². The lowest BCUT2D eigenvalue weighted by Gasteiger charge is -2.01. The molecule has 0 aliphatic carbocycles. The number of carboxylic acid groups (broad SMARTS) is 1. The van der Waals surface area contributed by atoms with Gasteiger partial charge in [-0.3, -0.25) is 0 Å². The van der Waals surface area contributed by atoms with Crippen LogP contribution in [0, 0.1) is 12.7 Å². The third-order valence-electron chi connectivity index (χ3n) is 1.71. The van der Waals surface area contributed by atoms with E-state index in [1.807, 2.05) is 0 Å². The Kier molecular flexibility index (Phi) is 3.25. The Hall–Kier alpha value is -1.35. The Bertz CT molecular complexity index is 399. The lowest BCUT2D eigenvalue weighted by molar-refractivity contribution is -0.131. The van der Waals surface area contributed by atoms with Gasteiger partial charge in [0.05, 0.1) is 5.02 Å². The summed E-state index contributed by atoms with van der Waals surface area (Å²) in [4.78, 5) is 10.2. The van der Waals surface area contributed by atoms with Crippen LogP contribution in [0.2, 0.25) is 5.02 Å². The number of rotatable bonds is 2. The van der Waals surface area contributed by atoms with Crippen molar-refractivity contribution in [1.29, 1.82) is 0 Å². The fraction of sp³-hybridized carbons (Fsp3) is 0.100. The van der Waals surface area contributed by atoms with Gasteiger partial charge in [0.15, 0.2) is 0 Å². The van der Waals surface area contributed by atoms with Crippen molar-refractivity contribution < 1.29 is 14.3 Å². The second-order valence-corrected chi connectivity index (χ2v) is 3.20. The van der Waals surface area contributed by atoms with E-state index in [1.165, 1.54) is 18.2 Å². The summed E-state index contributed by atoms with van der Waals surface area (Å²) < 4.78 is 13.0. The maximum Gasteiger partial charge on any atom is 0.328 e. The van der Waals surface area contributed by atoms with E-state index in [1.54, 1.807) is 6.92 Å². The van der Waals surface area contributed by atoms with Gasteiger partial charge in [0, 0.05) is 6.08 Å². The minimum Gasteiger partial charge on any atom is -0.478 e. The molecule has 4 heteroatoms. The molecular weight excluding hydrogens is 207 g/mol. The largest absolute Gasteiger partial charge is 0.478 e. The van der Waals surface area contributed by atoms with Gasteiger partial charge >= 0.3 is 5.97 Å². The molecule has 0 aliphatic heterocycles. The van der Waals surface area contributed by atoms with E-state index in [0.717, 1.165) is 11.6 Å². The van der Waals surface area contributed by atoms with E-state index in [9.17, 15) is 9.18 Å². The molecule has 0 atom stereocenters. The van der Waals surface area contributed by atoms with Gasteiger partial charge in [-0.1, -0.05) is 11.6 Å². The number of hydrogen-bond acceptors (Lipinski definition) is 1. The molecular formula is C10H8ClFO2. The lowest BCUT2D eigenvalue weighted by atomic mass is 10.1. The van der Waals surface area contributed by atoms with Crippen molar-refractivity contribution in [2.75, 3.05) is 0 Å². The fourth-order valence-corrected chi connectivity index (χ4v) is 1.22. The van der Waals surface area contributed by atoms with Gasteiger partial charge in [0.25, 0.3) is 0 Å². The minimum atomic E-state index is -1.07. The van der Waals surface area contributed by atoms with Crippen LogP contribution >= 0.6 is 11.6 Å². The molecule has 0 bridgehead atoms. The lowest BCUT2D eigenvalue weighted by Crippen LogP contribution is -1.89. The van der Waals surface area contributed by atoms with Crippen molar-refractivity contribution in [2.45, 2.75) is 6.92 Å². The van der Waals surface area contributed by atoms with Crippen molar-refractivity contribution in [1.82, 2.24) is 0 Å². The second-order valence-electron chi connectivity index (χ2n) is 2.79. The molecule has 0 amide bonds. The molecule has 1 aromatic rings. The Morgan fingerprint density at radius 2 is 2.21 bits per heavy atom. The van der Waals surface area contributed by atoms with Crippen LogP contribution in [-0.2, 0) is 4.79 Å². The molecule has 0 spiro atoms. The maximum atomic E-state index is 13.0. The van der Waals surface area contributed by atoms with Gasteiger partial charge in [0.1, 0.15) is 5.82 Å². The topological polar surface area (TPSA) is 37.3 Å². The van der Waals surface area contributed by atoms with Gasteiger partial charge in [0.2, 0.25) is 0 Å². The number of carbonyl (C=O) groups is 1. The van der Waals surface area contributed by atoms with Gasteiger partial charge in [-0.2, -0.15) is 0 Å². The molecule has 1 aromatic carbocycles. The predicted molar refractivity (Wildman–Crippen MR) is 52.8 cm³/mol. The van der Waals surface area contributed by atoms with Crippen molar-refractivity contribution in [2.24, 2.45) is 0 Å². The summed E-state index contributed by atoms with van der Waals surface area (Å²) in [6, 6.07) is 2.66. The van der Waals surface area contributed by atoms with Gasteiger partial charge in [-0.15, -0.1) is 0 Å². The summed E-state index contributed by atoms with van der Waals surface area (Å²) in [6.07, 6.45) is 2.28. The Morgan fingerprint density at radius 3 is 2.79 bits per heavy atom. The summed E-state index contributed by atoms with van der Waals surface area (Å²) in [7, 11) is 0. The first-order valence-corrected chi connectivity index (χ1v) is 4.25. The first kappa shape index (κ1) is 10.7. The molecule has 2 nitrogen and oxygen atoms in total. The van der Waals surface area contributed by atoms with E-state index in [4.69, 9.17) is 16.7 Å². The molecule has 1 N–H and O–H groups in total. The smallest absolute Gasteiger partial charge is 0.328 e. The van der Waals surface area contributed by atoms with Crippen LogP contribution < -0.4 is 0 Å². The van der Waals surface area contributed by atoms with Crippen molar-refractivity contribution in [3.05, 3.63) is 40.2 Å². The van der Waals surface area contributed by atoms with E-state index in [0.29, 0.717) is 5.56 Å². The molecule has 0 saturated heterocycles. The zero-order valence-corrected chi connectivity index (χ0v) is 8.18. The quantitative estimate of drug-likeness (QED) is 0.769. The second kappa shape index (κ2) is 4.24. The minimum absolute atomic E-state index is 0.0370. The fourth-order valence-electron chi connectivity index (χ4n) is 1.00. The zero-order valence-electron chi connectivity index (χ0n) is 7.42. The van der Waals surface area contributed by atoms with Crippen LogP contribution in [0.25, 0.3) is 6.08 Å². The summed E-state index contributed by atoms with van der Waals surface area (Å²) in [5, 5.41) is 8.42. The molecule has 74 valence electrons. The molecule has 0 aromatic heterocycles. The predicted octanol–water partition coefficient (Wildman–Crippen LogP) is 2.89. The molecule has 0 saturated carbocycles. The molecule has 0 aliphatic rings. The summed E-state index contributed by atoms with van der Waals surface area (Å²) in [6.45, 7) is 1.73. The van der Waals surface area contributed by atoms with Gasteiger partial charge in [-0.05, 0) is 36.3 Å². The maximum absolute atomic E-state index is 13.0. The van der Waals surface area contributed by atoms with Crippen LogP contribution in [0.4, 0.5) is 4.39 Å². The van der Waals surface area contributed by atoms with E-state index >= 15 is 0 Å². The monoisotopic (exact) mass is 214 g/mol. The van der Waals surface area contributed by atoms with Crippen molar-refractivity contribution in [3.8, 4) is 0 Å². The third-order valence-corrected chi connectivity index (χ3v) is 2.00. The zero-order chi connectivity index (χ0) is 10.7. The SMILES string of the molecule is Cc1cc(Cl)c(F)cc1/C=C/C(=O)O. The van der Waals surface area contributed by atoms with Crippen molar-refractivity contribution >= 4 is 23.6 Å². The van der Waals surface area contributed by atoms with E-state index in [-0.39, 0.29) is 5.02 Å². The highest BCUT2D eigenvalue weighted by atomic mass is 35.5. The Morgan fingerprint density at radius 1 is 1.57 bits per heavy atom. The first-order chi connectivity index (χ1) is 6.50. The van der Waals surface area contributed by atoms with Crippen LogP contribution in [-0.4, -0.2) is 11.1 Å². The Balaban J connectivity index is 3.10. The molecule has 0 heterocycles. The number of halogens is 2. The standard InChI is InChI=1S/C10H8ClFO2/c1-6-4-8(11)9(12)5-7(6)2-3-10(13)14/h2-5H,1H3,(H,13,14)/b3-2+. The molecule has 0 radical (unpaired) electrons. The van der Waals surface area contributed by atoms with Gasteiger partial charge in [-0.25, -0.2) is 9.18 Å². The molecule has 14 heavy (non-hydrogen) atoms. The molecule has 0 unspecified atom stereocenters. The highest BCUT2D eigenvalue weighted by Gasteiger charge is 2.03. The third kappa shape index (κ3) is 2.57. The van der Waals surface area contributed by atoms with Crippen LogP contribution in [0.5, 0.6) is 0 Å². The van der Waals surface area contributed by atoms with Crippen LogP contribution in [0.3, 0.4) is 0 Å². The highest BCUT2D eigenvalue weighted by Crippen LogP contribution is 2.20. The summed E-state index contributed by atoms with van der Waals surface area (Å²) in [5.41, 5.74) is 1.24. The molecule has 1 rings (SSSR count). The molecule has 0 fully saturated rings. The summed E-state index contributed by atoms with van der Waals surface area (Å²) >= 11 is 5.53. The summed E-state index contributed by atoms with van der Waals surface area (Å²) in [5.74, 6) is -1.62. The van der Waals surface area contributed by atoms with E-state index < -0.39 is 11.8 Å². The normalized spacial score (nSPS) is 10.8. The highest BCUT2D eigenvalue weighted by molar-refractivity contribution is 6.30.